The fraction of sp³-hybridized carbons (Fsp3) is 0.478. The number of nitrogens with two attached hydrogens (primary N) is 2. The normalized spacial score (nSPS) is 25.0. The standard InChI is InChI=1S/C23H25ClF4N6O2/c24-13-7-12(23(26,27)28)8-14(9-13)33-16-2-1-5-34(22(16)36)17-6-11(3-4-15(17)21(30)35)19-18(25)20(29)32-10-31-19/h7-11,15-17,33H,1-6H2,(H2,30,35)(H2,29,31,32)/t11?,15-,16?,17-/m0/s1. The van der Waals surface area contributed by atoms with Crippen molar-refractivity contribution in [3.8, 4) is 0 Å². The lowest BCUT2D eigenvalue weighted by Gasteiger charge is -2.44. The van der Waals surface area contributed by atoms with Gasteiger partial charge in [-0.3, -0.25) is 9.59 Å². The van der Waals surface area contributed by atoms with Crippen molar-refractivity contribution >= 4 is 34.9 Å². The van der Waals surface area contributed by atoms with E-state index in [1.54, 1.807) is 0 Å². The molecule has 2 unspecified atom stereocenters. The van der Waals surface area contributed by atoms with Crippen molar-refractivity contribution in [3.63, 3.8) is 0 Å². The number of hydrogen-bond donors (Lipinski definition) is 3. The van der Waals surface area contributed by atoms with Crippen molar-refractivity contribution in [2.24, 2.45) is 11.7 Å². The Labute approximate surface area is 209 Å². The number of rotatable bonds is 5. The van der Waals surface area contributed by atoms with E-state index in [-0.39, 0.29) is 34.5 Å². The molecule has 1 aliphatic carbocycles. The van der Waals surface area contributed by atoms with Gasteiger partial charge < -0.3 is 21.7 Å². The van der Waals surface area contributed by atoms with Crippen LogP contribution in [0.1, 0.15) is 49.3 Å². The van der Waals surface area contributed by atoms with Crippen molar-refractivity contribution < 1.29 is 27.2 Å². The van der Waals surface area contributed by atoms with Gasteiger partial charge in [-0.15, -0.1) is 0 Å². The molecule has 2 aliphatic rings. The zero-order valence-corrected chi connectivity index (χ0v) is 19.8. The number of nitrogens with zero attached hydrogens (tertiary/aromatic N) is 3. The zero-order chi connectivity index (χ0) is 26.2. The number of piperidine rings is 1. The maximum absolute atomic E-state index is 14.6. The van der Waals surface area contributed by atoms with Crippen LogP contribution in [-0.4, -0.2) is 45.3 Å². The molecule has 4 atom stereocenters. The summed E-state index contributed by atoms with van der Waals surface area (Å²) in [4.78, 5) is 34.9. The second-order valence-electron chi connectivity index (χ2n) is 9.14. The van der Waals surface area contributed by atoms with E-state index in [4.69, 9.17) is 23.1 Å². The summed E-state index contributed by atoms with van der Waals surface area (Å²) >= 11 is 5.88. The van der Waals surface area contributed by atoms with Crippen molar-refractivity contribution in [2.45, 2.75) is 56.3 Å². The summed E-state index contributed by atoms with van der Waals surface area (Å²) in [5.41, 5.74) is 10.5. The molecule has 13 heteroatoms. The third-order valence-corrected chi connectivity index (χ3v) is 7.07. The zero-order valence-electron chi connectivity index (χ0n) is 19.1. The molecule has 1 aromatic carbocycles. The molecule has 8 nitrogen and oxygen atoms in total. The lowest BCUT2D eigenvalue weighted by atomic mass is 9.75. The number of nitrogens with one attached hydrogen (secondary N) is 1. The summed E-state index contributed by atoms with van der Waals surface area (Å²) in [6, 6.07) is 1.55. The summed E-state index contributed by atoms with van der Waals surface area (Å²) < 4.78 is 54.2. The number of carbonyl (C=O) groups is 2. The smallest absolute Gasteiger partial charge is 0.381 e. The number of aromatic nitrogens is 2. The fourth-order valence-corrected chi connectivity index (χ4v) is 5.39. The first-order valence-corrected chi connectivity index (χ1v) is 11.8. The number of alkyl halides is 3. The summed E-state index contributed by atoms with van der Waals surface area (Å²) in [6.07, 6.45) is -1.56. The fourth-order valence-electron chi connectivity index (χ4n) is 5.15. The van der Waals surface area contributed by atoms with E-state index in [9.17, 15) is 27.2 Å². The molecule has 2 aromatic rings. The molecule has 0 spiro atoms. The van der Waals surface area contributed by atoms with Gasteiger partial charge in [0, 0.05) is 29.2 Å². The lowest BCUT2D eigenvalue weighted by Crippen LogP contribution is -2.57. The summed E-state index contributed by atoms with van der Waals surface area (Å²) in [6.45, 7) is 0.329. The Kier molecular flexibility index (Phi) is 7.26. The quantitative estimate of drug-likeness (QED) is 0.508. The van der Waals surface area contributed by atoms with E-state index in [1.165, 1.54) is 11.0 Å². The Morgan fingerprint density at radius 3 is 2.61 bits per heavy atom. The van der Waals surface area contributed by atoms with E-state index in [1.807, 2.05) is 0 Å². The molecule has 194 valence electrons. The molecule has 5 N–H and O–H groups in total. The van der Waals surface area contributed by atoms with Gasteiger partial charge in [-0.1, -0.05) is 11.6 Å². The Hall–Kier alpha value is -3.15. The molecule has 4 rings (SSSR count). The third-order valence-electron chi connectivity index (χ3n) is 6.85. The number of likely N-dealkylation sites (tertiary alicyclic amines) is 1. The van der Waals surface area contributed by atoms with Crippen LogP contribution in [0.4, 0.5) is 29.1 Å². The molecule has 36 heavy (non-hydrogen) atoms. The predicted octanol–water partition coefficient (Wildman–Crippen LogP) is 3.71. The average molecular weight is 529 g/mol. The first kappa shape index (κ1) is 25.9. The van der Waals surface area contributed by atoms with Gasteiger partial charge in [0.1, 0.15) is 12.4 Å². The molecule has 0 bridgehead atoms. The number of anilines is 2. The highest BCUT2D eigenvalue weighted by Crippen LogP contribution is 2.40. The molecule has 2 amide bonds. The maximum atomic E-state index is 14.6. The highest BCUT2D eigenvalue weighted by Gasteiger charge is 2.43. The van der Waals surface area contributed by atoms with Crippen molar-refractivity contribution in [1.29, 1.82) is 0 Å². The highest BCUT2D eigenvalue weighted by molar-refractivity contribution is 6.31. The number of carbonyl (C=O) groups excluding carboxylic acids is 2. The van der Waals surface area contributed by atoms with Crippen LogP contribution in [0.25, 0.3) is 0 Å². The molecule has 1 saturated heterocycles. The Morgan fingerprint density at radius 2 is 1.92 bits per heavy atom. The van der Waals surface area contributed by atoms with Crippen molar-refractivity contribution in [3.05, 3.63) is 46.6 Å². The van der Waals surface area contributed by atoms with Crippen LogP contribution in [0, 0.1) is 11.7 Å². The lowest BCUT2D eigenvalue weighted by molar-refractivity contribution is -0.141. The van der Waals surface area contributed by atoms with Gasteiger partial charge in [0.2, 0.25) is 11.8 Å². The monoisotopic (exact) mass is 528 g/mol. The van der Waals surface area contributed by atoms with Crippen molar-refractivity contribution in [2.75, 3.05) is 17.6 Å². The van der Waals surface area contributed by atoms with Crippen LogP contribution in [-0.2, 0) is 15.8 Å². The summed E-state index contributed by atoms with van der Waals surface area (Å²) in [5.74, 6) is -3.05. The van der Waals surface area contributed by atoms with Gasteiger partial charge in [-0.25, -0.2) is 14.4 Å². The Bertz CT molecular complexity index is 1160. The minimum absolute atomic E-state index is 0.0570. The Morgan fingerprint density at radius 1 is 1.17 bits per heavy atom. The number of amides is 2. The molecule has 2 fully saturated rings. The highest BCUT2D eigenvalue weighted by atomic mass is 35.5. The number of halogens is 5. The predicted molar refractivity (Wildman–Crippen MR) is 124 cm³/mol. The van der Waals surface area contributed by atoms with E-state index < -0.39 is 47.4 Å². The van der Waals surface area contributed by atoms with Crippen LogP contribution in [0.15, 0.2) is 24.5 Å². The third kappa shape index (κ3) is 5.32. The maximum Gasteiger partial charge on any atom is 0.416 e. The van der Waals surface area contributed by atoms with Crippen LogP contribution in [0.3, 0.4) is 0 Å². The summed E-state index contributed by atoms with van der Waals surface area (Å²) in [7, 11) is 0. The average Bonchev–Trinajstić information content (AvgIpc) is 2.81. The van der Waals surface area contributed by atoms with E-state index in [2.05, 4.69) is 15.3 Å². The van der Waals surface area contributed by atoms with Gasteiger partial charge >= 0.3 is 6.18 Å². The molecule has 1 saturated carbocycles. The van der Waals surface area contributed by atoms with E-state index in [0.29, 0.717) is 32.2 Å². The van der Waals surface area contributed by atoms with Gasteiger partial charge in [0.25, 0.3) is 0 Å². The van der Waals surface area contributed by atoms with E-state index >= 15 is 0 Å². The molecule has 2 heterocycles. The van der Waals surface area contributed by atoms with Crippen LogP contribution < -0.4 is 16.8 Å². The summed E-state index contributed by atoms with van der Waals surface area (Å²) in [5, 5.41) is 2.74. The topological polar surface area (TPSA) is 127 Å². The first-order chi connectivity index (χ1) is 17.0. The second kappa shape index (κ2) is 10.1. The minimum Gasteiger partial charge on any atom is -0.381 e. The number of hydrogen-bond acceptors (Lipinski definition) is 6. The number of primary amides is 1. The van der Waals surface area contributed by atoms with Gasteiger partial charge in [0.05, 0.1) is 17.2 Å². The molecular weight excluding hydrogens is 504 g/mol. The molecule has 1 aliphatic heterocycles. The van der Waals surface area contributed by atoms with Crippen LogP contribution in [0.2, 0.25) is 5.02 Å². The first-order valence-electron chi connectivity index (χ1n) is 11.5. The van der Waals surface area contributed by atoms with Crippen LogP contribution >= 0.6 is 11.6 Å². The van der Waals surface area contributed by atoms with Crippen LogP contribution in [0.5, 0.6) is 0 Å². The van der Waals surface area contributed by atoms with E-state index in [0.717, 1.165) is 18.5 Å². The van der Waals surface area contributed by atoms with Gasteiger partial charge in [-0.05, 0) is 50.3 Å². The second-order valence-corrected chi connectivity index (χ2v) is 9.58. The largest absolute Gasteiger partial charge is 0.416 e. The molecule has 1 aromatic heterocycles. The molecule has 0 radical (unpaired) electrons. The SMILES string of the molecule is NC(=O)[C@H]1CCC(c2ncnc(N)c2F)C[C@@H]1N1CCCC(Nc2cc(Cl)cc(C(F)(F)F)c2)C1=O. The number of benzene rings is 1. The van der Waals surface area contributed by atoms with Crippen molar-refractivity contribution in [1.82, 2.24) is 14.9 Å². The Balaban J connectivity index is 1.57. The minimum atomic E-state index is -4.60. The molecular formula is C23H25ClF4N6O2. The number of nitrogen functional groups attached to an aromatic ring is 1. The van der Waals surface area contributed by atoms with Gasteiger partial charge in [-0.2, -0.15) is 13.2 Å². The van der Waals surface area contributed by atoms with Gasteiger partial charge in [0.15, 0.2) is 11.6 Å².